The largest absolute Gasteiger partial charge is 0.381 e. The summed E-state index contributed by atoms with van der Waals surface area (Å²) in [6, 6.07) is 0.192. The van der Waals surface area contributed by atoms with E-state index in [-0.39, 0.29) is 6.04 Å². The van der Waals surface area contributed by atoms with Gasteiger partial charge in [0.15, 0.2) is 0 Å². The number of nitrogens with two attached hydrogens (primary N) is 1. The average molecular weight is 259 g/mol. The lowest BCUT2D eigenvalue weighted by Gasteiger charge is -2.21. The minimum atomic E-state index is 0.192. The van der Waals surface area contributed by atoms with Crippen LogP contribution in [0.2, 0.25) is 5.15 Å². The molecule has 0 saturated carbocycles. The predicted molar refractivity (Wildman–Crippen MR) is 66.7 cm³/mol. The number of aryl methyl sites for hydroxylation is 2. The summed E-state index contributed by atoms with van der Waals surface area (Å²) in [6.07, 6.45) is 1.84. The summed E-state index contributed by atoms with van der Waals surface area (Å²) in [5.41, 5.74) is 4.92. The van der Waals surface area contributed by atoms with Crippen LogP contribution >= 0.6 is 11.6 Å². The van der Waals surface area contributed by atoms with Crippen LogP contribution in [0.25, 0.3) is 0 Å². The van der Waals surface area contributed by atoms with E-state index in [1.807, 2.05) is 14.0 Å². The Morgan fingerprint density at radius 1 is 1.71 bits per heavy atom. The summed E-state index contributed by atoms with van der Waals surface area (Å²) < 4.78 is 7.09. The van der Waals surface area contributed by atoms with Gasteiger partial charge >= 0.3 is 0 Å². The first-order valence-corrected chi connectivity index (χ1v) is 6.23. The topological polar surface area (TPSA) is 65.1 Å². The van der Waals surface area contributed by atoms with Crippen LogP contribution in [-0.4, -0.2) is 29.0 Å². The fourth-order valence-corrected chi connectivity index (χ4v) is 2.61. The van der Waals surface area contributed by atoms with Crippen molar-refractivity contribution in [1.29, 1.82) is 0 Å². The maximum Gasteiger partial charge on any atom is 0.130 e. The highest BCUT2D eigenvalue weighted by molar-refractivity contribution is 6.30. The molecule has 2 unspecified atom stereocenters. The van der Waals surface area contributed by atoms with Crippen molar-refractivity contribution in [2.45, 2.75) is 25.8 Å². The second kappa shape index (κ2) is 5.35. The van der Waals surface area contributed by atoms with E-state index in [0.717, 1.165) is 37.3 Å². The van der Waals surface area contributed by atoms with Gasteiger partial charge in [0.05, 0.1) is 12.3 Å². The van der Waals surface area contributed by atoms with Gasteiger partial charge in [-0.25, -0.2) is 0 Å². The van der Waals surface area contributed by atoms with Gasteiger partial charge in [-0.2, -0.15) is 5.10 Å². The number of hydrazine groups is 1. The number of nitrogens with one attached hydrogen (secondary N) is 1. The molecule has 1 aromatic rings. The molecule has 96 valence electrons. The normalized spacial score (nSPS) is 22.0. The third kappa shape index (κ3) is 2.63. The van der Waals surface area contributed by atoms with Crippen molar-refractivity contribution >= 4 is 11.6 Å². The second-order valence-corrected chi connectivity index (χ2v) is 4.94. The highest BCUT2D eigenvalue weighted by Gasteiger charge is 2.27. The predicted octanol–water partition coefficient (Wildman–Crippen LogP) is 0.793. The van der Waals surface area contributed by atoms with Crippen molar-refractivity contribution < 1.29 is 4.74 Å². The monoisotopic (exact) mass is 258 g/mol. The molecule has 0 amide bonds. The van der Waals surface area contributed by atoms with E-state index >= 15 is 0 Å². The van der Waals surface area contributed by atoms with E-state index in [0.29, 0.717) is 11.1 Å². The SMILES string of the molecule is Cc1nn(C)c(Cl)c1CC(NN)C1CCOC1. The first-order chi connectivity index (χ1) is 8.13. The Bertz CT molecular complexity index is 387. The van der Waals surface area contributed by atoms with Crippen molar-refractivity contribution in [2.24, 2.45) is 18.8 Å². The molecule has 3 N–H and O–H groups in total. The second-order valence-electron chi connectivity index (χ2n) is 4.58. The van der Waals surface area contributed by atoms with Crippen LogP contribution in [0.1, 0.15) is 17.7 Å². The summed E-state index contributed by atoms with van der Waals surface area (Å²) in [7, 11) is 1.85. The van der Waals surface area contributed by atoms with Gasteiger partial charge in [-0.15, -0.1) is 0 Å². The molecular weight excluding hydrogens is 240 g/mol. The Morgan fingerprint density at radius 2 is 2.47 bits per heavy atom. The van der Waals surface area contributed by atoms with Crippen LogP contribution < -0.4 is 11.3 Å². The Hall–Kier alpha value is -0.620. The van der Waals surface area contributed by atoms with E-state index in [1.54, 1.807) is 4.68 Å². The van der Waals surface area contributed by atoms with Crippen LogP contribution in [0.3, 0.4) is 0 Å². The van der Waals surface area contributed by atoms with Gasteiger partial charge in [-0.1, -0.05) is 11.6 Å². The maximum atomic E-state index is 6.22. The molecule has 2 rings (SSSR count). The van der Waals surface area contributed by atoms with Crippen LogP contribution in [-0.2, 0) is 18.2 Å². The van der Waals surface area contributed by atoms with Crippen molar-refractivity contribution in [3.05, 3.63) is 16.4 Å². The molecule has 1 fully saturated rings. The highest BCUT2D eigenvalue weighted by Crippen LogP contribution is 2.24. The number of rotatable bonds is 4. The lowest BCUT2D eigenvalue weighted by atomic mass is 9.94. The quantitative estimate of drug-likeness (QED) is 0.619. The van der Waals surface area contributed by atoms with E-state index < -0.39 is 0 Å². The average Bonchev–Trinajstić information content (AvgIpc) is 2.89. The van der Waals surface area contributed by atoms with Gasteiger partial charge in [0.2, 0.25) is 0 Å². The standard InChI is InChI=1S/C11H19ClN4O/c1-7-9(11(12)16(2)15-7)5-10(14-13)8-3-4-17-6-8/h8,10,14H,3-6,13H2,1-2H3. The minimum Gasteiger partial charge on any atom is -0.381 e. The van der Waals surface area contributed by atoms with Crippen LogP contribution in [0, 0.1) is 12.8 Å². The van der Waals surface area contributed by atoms with Crippen molar-refractivity contribution in [3.63, 3.8) is 0 Å². The lowest BCUT2D eigenvalue weighted by molar-refractivity contribution is 0.176. The molecule has 1 aliphatic heterocycles. The zero-order valence-corrected chi connectivity index (χ0v) is 11.0. The zero-order chi connectivity index (χ0) is 12.4. The van der Waals surface area contributed by atoms with E-state index in [1.165, 1.54) is 0 Å². The molecular formula is C11H19ClN4O. The number of ether oxygens (including phenoxy) is 1. The Morgan fingerprint density at radius 3 is 2.94 bits per heavy atom. The van der Waals surface area contributed by atoms with E-state index in [4.69, 9.17) is 22.2 Å². The first kappa shape index (κ1) is 12.8. The van der Waals surface area contributed by atoms with Crippen LogP contribution in [0.15, 0.2) is 0 Å². The number of hydrogen-bond acceptors (Lipinski definition) is 4. The van der Waals surface area contributed by atoms with Crippen molar-refractivity contribution in [3.8, 4) is 0 Å². The molecule has 0 radical (unpaired) electrons. The van der Waals surface area contributed by atoms with E-state index in [9.17, 15) is 0 Å². The molecule has 0 aliphatic carbocycles. The molecule has 5 nitrogen and oxygen atoms in total. The van der Waals surface area contributed by atoms with Gasteiger partial charge in [0.25, 0.3) is 0 Å². The molecule has 0 aromatic carbocycles. The molecule has 2 atom stereocenters. The lowest BCUT2D eigenvalue weighted by Crippen LogP contribution is -2.42. The van der Waals surface area contributed by atoms with Gasteiger partial charge in [0, 0.05) is 31.2 Å². The zero-order valence-electron chi connectivity index (χ0n) is 10.2. The van der Waals surface area contributed by atoms with Gasteiger partial charge in [-0.3, -0.25) is 16.0 Å². The van der Waals surface area contributed by atoms with Gasteiger partial charge in [-0.05, 0) is 19.8 Å². The third-order valence-electron chi connectivity index (χ3n) is 3.44. The molecule has 2 heterocycles. The summed E-state index contributed by atoms with van der Waals surface area (Å²) in [6.45, 7) is 3.56. The molecule has 17 heavy (non-hydrogen) atoms. The minimum absolute atomic E-state index is 0.192. The maximum absolute atomic E-state index is 6.22. The Balaban J connectivity index is 2.12. The summed E-state index contributed by atoms with van der Waals surface area (Å²) in [4.78, 5) is 0. The van der Waals surface area contributed by atoms with Gasteiger partial charge < -0.3 is 4.74 Å². The number of aromatic nitrogens is 2. The Kier molecular flexibility index (Phi) is 4.04. The highest BCUT2D eigenvalue weighted by atomic mass is 35.5. The molecule has 6 heteroatoms. The fraction of sp³-hybridized carbons (Fsp3) is 0.727. The molecule has 1 saturated heterocycles. The third-order valence-corrected chi connectivity index (χ3v) is 3.91. The van der Waals surface area contributed by atoms with E-state index in [2.05, 4.69) is 10.5 Å². The fourth-order valence-electron chi connectivity index (χ4n) is 2.36. The summed E-state index contributed by atoms with van der Waals surface area (Å²) in [5, 5.41) is 5.01. The molecule has 0 spiro atoms. The number of nitrogens with zero attached hydrogens (tertiary/aromatic N) is 2. The molecule has 1 aliphatic rings. The smallest absolute Gasteiger partial charge is 0.130 e. The summed E-state index contributed by atoms with van der Waals surface area (Å²) >= 11 is 6.22. The van der Waals surface area contributed by atoms with Gasteiger partial charge in [0.1, 0.15) is 5.15 Å². The molecule has 0 bridgehead atoms. The Labute approximate surface area is 106 Å². The van der Waals surface area contributed by atoms with Crippen molar-refractivity contribution in [2.75, 3.05) is 13.2 Å². The summed E-state index contributed by atoms with van der Waals surface area (Å²) in [5.74, 6) is 6.09. The molecule has 1 aromatic heterocycles. The number of hydrogen-bond donors (Lipinski definition) is 2. The van der Waals surface area contributed by atoms with Crippen LogP contribution in [0.4, 0.5) is 0 Å². The van der Waals surface area contributed by atoms with Crippen LogP contribution in [0.5, 0.6) is 0 Å². The van der Waals surface area contributed by atoms with Crippen molar-refractivity contribution in [1.82, 2.24) is 15.2 Å². The number of halogens is 1. The first-order valence-electron chi connectivity index (χ1n) is 5.85.